The van der Waals surface area contributed by atoms with Gasteiger partial charge in [-0.15, -0.1) is 0 Å². The van der Waals surface area contributed by atoms with Gasteiger partial charge in [-0.3, -0.25) is 9.59 Å². The zero-order chi connectivity index (χ0) is 26.5. The van der Waals surface area contributed by atoms with Gasteiger partial charge in [0.05, 0.1) is 18.2 Å². The second kappa shape index (κ2) is 10.8. The average Bonchev–Trinajstić information content (AvgIpc) is 2.78. The number of hydrogen-bond acceptors (Lipinski definition) is 5. The van der Waals surface area contributed by atoms with Crippen molar-refractivity contribution in [2.24, 2.45) is 0 Å². The molecule has 0 heterocycles. The van der Waals surface area contributed by atoms with Crippen molar-refractivity contribution in [1.82, 2.24) is 4.72 Å². The summed E-state index contributed by atoms with van der Waals surface area (Å²) in [6.07, 6.45) is -3.74. The number of amides is 1. The molecule has 0 saturated heterocycles. The van der Waals surface area contributed by atoms with Gasteiger partial charge in [-0.1, -0.05) is 12.1 Å². The van der Waals surface area contributed by atoms with Gasteiger partial charge in [0.2, 0.25) is 10.0 Å². The van der Waals surface area contributed by atoms with Crippen LogP contribution < -0.4 is 14.8 Å². The van der Waals surface area contributed by atoms with Gasteiger partial charge < -0.3 is 15.2 Å². The van der Waals surface area contributed by atoms with E-state index in [4.69, 9.17) is 9.84 Å². The lowest BCUT2D eigenvalue weighted by Gasteiger charge is -2.13. The Morgan fingerprint density at radius 2 is 1.61 bits per heavy atom. The molecule has 0 aliphatic carbocycles. The van der Waals surface area contributed by atoms with Crippen molar-refractivity contribution >= 4 is 27.6 Å². The molecule has 12 heteroatoms. The Balaban J connectivity index is 1.72. The lowest BCUT2D eigenvalue weighted by Crippen LogP contribution is -2.21. The highest BCUT2D eigenvalue weighted by Gasteiger charge is 2.30. The van der Waals surface area contributed by atoms with Crippen LogP contribution in [0.15, 0.2) is 66.7 Å². The maximum atomic E-state index is 12.7. The first-order valence-corrected chi connectivity index (χ1v) is 12.2. The first kappa shape index (κ1) is 26.7. The second-order valence-electron chi connectivity index (χ2n) is 7.76. The van der Waals surface area contributed by atoms with Crippen molar-refractivity contribution in [3.8, 4) is 11.5 Å². The summed E-state index contributed by atoms with van der Waals surface area (Å²) < 4.78 is 69.2. The van der Waals surface area contributed by atoms with E-state index in [2.05, 4.69) is 10.0 Å². The van der Waals surface area contributed by atoms with Gasteiger partial charge in [0.1, 0.15) is 11.5 Å². The Hall–Kier alpha value is -3.90. The Kier molecular flexibility index (Phi) is 8.00. The number of carbonyl (C=O) groups excluding carboxylic acids is 1. The van der Waals surface area contributed by atoms with Gasteiger partial charge in [-0.25, -0.2) is 13.1 Å². The fourth-order valence-electron chi connectivity index (χ4n) is 3.11. The van der Waals surface area contributed by atoms with E-state index in [0.29, 0.717) is 16.9 Å². The summed E-state index contributed by atoms with van der Waals surface area (Å²) in [6, 6.07) is 14.5. The summed E-state index contributed by atoms with van der Waals surface area (Å²) in [5.41, 5.74) is 0.443. The lowest BCUT2D eigenvalue weighted by atomic mass is 10.1. The van der Waals surface area contributed by atoms with Crippen molar-refractivity contribution in [3.63, 3.8) is 0 Å². The molecule has 8 nitrogen and oxygen atoms in total. The zero-order valence-electron chi connectivity index (χ0n) is 18.8. The number of hydrogen-bond donors (Lipinski definition) is 3. The predicted molar refractivity (Wildman–Crippen MR) is 125 cm³/mol. The van der Waals surface area contributed by atoms with Crippen LogP contribution in [-0.4, -0.2) is 31.7 Å². The van der Waals surface area contributed by atoms with Crippen molar-refractivity contribution in [2.75, 3.05) is 11.6 Å². The molecule has 0 fully saturated rings. The summed E-state index contributed by atoms with van der Waals surface area (Å²) in [5, 5.41) is 11.5. The number of nitrogens with one attached hydrogen (secondary N) is 2. The molecule has 0 aromatic heterocycles. The maximum Gasteiger partial charge on any atom is 0.416 e. The monoisotopic (exact) mass is 522 g/mol. The van der Waals surface area contributed by atoms with E-state index in [0.717, 1.165) is 30.5 Å². The van der Waals surface area contributed by atoms with Crippen LogP contribution in [0, 0.1) is 0 Å². The number of sulfonamides is 1. The molecule has 3 aromatic carbocycles. The molecule has 3 rings (SSSR count). The van der Waals surface area contributed by atoms with Crippen LogP contribution in [0.5, 0.6) is 11.5 Å². The topological polar surface area (TPSA) is 122 Å². The molecule has 0 bridgehead atoms. The average molecular weight is 523 g/mol. The van der Waals surface area contributed by atoms with Gasteiger partial charge in [0, 0.05) is 23.4 Å². The summed E-state index contributed by atoms with van der Waals surface area (Å²) in [5.74, 6) is -0.997. The first-order chi connectivity index (χ1) is 16.8. The number of rotatable bonds is 9. The van der Waals surface area contributed by atoms with E-state index < -0.39 is 33.6 Å². The third kappa shape index (κ3) is 7.82. The molecule has 0 radical (unpaired) electrons. The molecule has 3 N–H and O–H groups in total. The molecule has 0 aliphatic heterocycles. The van der Waals surface area contributed by atoms with E-state index in [1.54, 1.807) is 6.07 Å². The van der Waals surface area contributed by atoms with Crippen molar-refractivity contribution in [2.45, 2.75) is 19.1 Å². The molecular formula is C24H21F3N2O6S. The van der Waals surface area contributed by atoms with Gasteiger partial charge >= 0.3 is 12.1 Å². The molecule has 36 heavy (non-hydrogen) atoms. The van der Waals surface area contributed by atoms with Crippen LogP contribution in [-0.2, 0) is 34.0 Å². The number of carboxylic acids is 1. The molecule has 0 spiro atoms. The van der Waals surface area contributed by atoms with E-state index in [-0.39, 0.29) is 30.0 Å². The van der Waals surface area contributed by atoms with Gasteiger partial charge in [0.25, 0.3) is 5.91 Å². The number of alkyl halides is 3. The van der Waals surface area contributed by atoms with Crippen LogP contribution in [0.1, 0.15) is 27.0 Å². The van der Waals surface area contributed by atoms with E-state index in [1.165, 1.54) is 36.4 Å². The lowest BCUT2D eigenvalue weighted by molar-refractivity contribution is -0.138. The fourth-order valence-corrected chi connectivity index (χ4v) is 3.53. The van der Waals surface area contributed by atoms with Crippen LogP contribution in [0.4, 0.5) is 18.9 Å². The Morgan fingerprint density at radius 1 is 0.972 bits per heavy atom. The van der Waals surface area contributed by atoms with Crippen LogP contribution in [0.3, 0.4) is 0 Å². The highest BCUT2D eigenvalue weighted by atomic mass is 32.2. The van der Waals surface area contributed by atoms with Gasteiger partial charge in [-0.2, -0.15) is 13.2 Å². The van der Waals surface area contributed by atoms with Gasteiger partial charge in [0.15, 0.2) is 0 Å². The van der Waals surface area contributed by atoms with E-state index in [1.807, 2.05) is 0 Å². The van der Waals surface area contributed by atoms with Gasteiger partial charge in [-0.05, 0) is 60.2 Å². The summed E-state index contributed by atoms with van der Waals surface area (Å²) in [6.45, 7) is -0.130. The minimum Gasteiger partial charge on any atom is -0.481 e. The highest BCUT2D eigenvalue weighted by Crippen LogP contribution is 2.30. The number of anilines is 1. The Bertz CT molecular complexity index is 1360. The van der Waals surface area contributed by atoms with Crippen LogP contribution in [0.2, 0.25) is 0 Å². The third-order valence-corrected chi connectivity index (χ3v) is 5.49. The van der Waals surface area contributed by atoms with Crippen molar-refractivity contribution in [1.29, 1.82) is 0 Å². The molecule has 0 unspecified atom stereocenters. The summed E-state index contributed by atoms with van der Waals surface area (Å²) in [4.78, 5) is 23.4. The minimum absolute atomic E-state index is 0.130. The fraction of sp³-hybridized carbons (Fsp3) is 0.167. The second-order valence-corrected chi connectivity index (χ2v) is 9.59. The predicted octanol–water partition coefficient (Wildman–Crippen LogP) is 4.43. The van der Waals surface area contributed by atoms with Crippen molar-refractivity contribution < 1.29 is 41.0 Å². The molecule has 0 aliphatic rings. The SMILES string of the molecule is CS(=O)(=O)NCc1cc(CC(=O)O)ccc1Oc1ccc(C(=O)Nc2ccc(C(F)(F)F)cc2)cc1. The number of carbonyl (C=O) groups is 2. The molecular weight excluding hydrogens is 501 g/mol. The number of benzene rings is 3. The standard InChI is InChI=1S/C24H21F3N2O6S/c1-36(33,34)28-14-17-12-15(13-22(30)31)2-11-21(17)35-20-9-3-16(4-10-20)23(32)29-19-7-5-18(6-8-19)24(25,26)27/h2-12,28H,13-14H2,1H3,(H,29,32)(H,30,31). The minimum atomic E-state index is -4.48. The number of ether oxygens (including phenoxy) is 1. The Labute approximate surface area is 204 Å². The van der Waals surface area contributed by atoms with Crippen LogP contribution >= 0.6 is 0 Å². The highest BCUT2D eigenvalue weighted by molar-refractivity contribution is 7.88. The zero-order valence-corrected chi connectivity index (χ0v) is 19.6. The third-order valence-electron chi connectivity index (χ3n) is 4.82. The normalized spacial score (nSPS) is 11.7. The molecule has 1 amide bonds. The summed E-state index contributed by atoms with van der Waals surface area (Å²) >= 11 is 0. The summed E-state index contributed by atoms with van der Waals surface area (Å²) in [7, 11) is -3.52. The molecule has 0 saturated carbocycles. The number of aliphatic carboxylic acids is 1. The Morgan fingerprint density at radius 3 is 2.17 bits per heavy atom. The molecule has 190 valence electrons. The first-order valence-electron chi connectivity index (χ1n) is 10.3. The molecule has 0 atom stereocenters. The molecule has 3 aromatic rings. The van der Waals surface area contributed by atoms with Crippen LogP contribution in [0.25, 0.3) is 0 Å². The largest absolute Gasteiger partial charge is 0.481 e. The smallest absolute Gasteiger partial charge is 0.416 e. The number of carboxylic acid groups (broad SMARTS) is 1. The maximum absolute atomic E-state index is 12.7. The quantitative estimate of drug-likeness (QED) is 0.382. The number of halogens is 3. The van der Waals surface area contributed by atoms with E-state index in [9.17, 15) is 31.2 Å². The van der Waals surface area contributed by atoms with Crippen molar-refractivity contribution in [3.05, 3.63) is 89.0 Å². The van der Waals surface area contributed by atoms with E-state index >= 15 is 0 Å².